The lowest BCUT2D eigenvalue weighted by Gasteiger charge is -2.22. The molecule has 1 aromatic heterocycles. The number of halogens is 1. The molecule has 8 heteroatoms. The van der Waals surface area contributed by atoms with E-state index in [2.05, 4.69) is 10.1 Å². The van der Waals surface area contributed by atoms with Crippen LogP contribution >= 0.6 is 11.6 Å². The minimum Gasteiger partial charge on any atom is -0.463 e. The quantitative estimate of drug-likeness (QED) is 0.731. The standard InChI is InChI=1S/C17H20ClN3O4/c1-5-24-16(23)17(2,3)25-14(22)10-13-19-15(20-21(13)4)11-6-8-12(18)9-7-11/h6-9H,5,10H2,1-4H3. The SMILES string of the molecule is CCOC(=O)C(C)(C)OC(=O)Cc1nc(-c2ccc(Cl)cc2)nn1C. The first-order chi connectivity index (χ1) is 11.7. The molecule has 0 aliphatic rings. The highest BCUT2D eigenvalue weighted by Crippen LogP contribution is 2.19. The molecular formula is C17H20ClN3O4. The molecule has 0 aliphatic heterocycles. The summed E-state index contributed by atoms with van der Waals surface area (Å²) in [4.78, 5) is 28.3. The van der Waals surface area contributed by atoms with Crippen LogP contribution in [0.2, 0.25) is 5.02 Å². The minimum atomic E-state index is -1.36. The summed E-state index contributed by atoms with van der Waals surface area (Å²) in [7, 11) is 1.69. The van der Waals surface area contributed by atoms with Gasteiger partial charge in [0.1, 0.15) is 12.2 Å². The lowest BCUT2D eigenvalue weighted by atomic mass is 10.1. The Kier molecular flexibility index (Phi) is 5.79. The smallest absolute Gasteiger partial charge is 0.349 e. The van der Waals surface area contributed by atoms with E-state index in [1.165, 1.54) is 18.5 Å². The number of aryl methyl sites for hydroxylation is 1. The molecule has 0 N–H and O–H groups in total. The third kappa shape index (κ3) is 4.79. The molecule has 0 amide bonds. The summed E-state index contributed by atoms with van der Waals surface area (Å²) in [5.74, 6) is -0.277. The maximum absolute atomic E-state index is 12.2. The van der Waals surface area contributed by atoms with E-state index in [4.69, 9.17) is 21.1 Å². The van der Waals surface area contributed by atoms with Crippen LogP contribution in [0, 0.1) is 0 Å². The molecule has 0 bridgehead atoms. The van der Waals surface area contributed by atoms with Crippen LogP contribution in [-0.4, -0.2) is 38.9 Å². The zero-order valence-electron chi connectivity index (χ0n) is 14.6. The van der Waals surface area contributed by atoms with Crippen molar-refractivity contribution >= 4 is 23.5 Å². The molecule has 2 rings (SSSR count). The maximum atomic E-state index is 12.2. The zero-order chi connectivity index (χ0) is 18.6. The van der Waals surface area contributed by atoms with Crippen molar-refractivity contribution in [3.63, 3.8) is 0 Å². The van der Waals surface area contributed by atoms with Gasteiger partial charge in [0.25, 0.3) is 0 Å². The van der Waals surface area contributed by atoms with E-state index in [1.54, 1.807) is 38.2 Å². The average molecular weight is 366 g/mol. The fraction of sp³-hybridized carbons (Fsp3) is 0.412. The number of benzene rings is 1. The largest absolute Gasteiger partial charge is 0.463 e. The van der Waals surface area contributed by atoms with Gasteiger partial charge < -0.3 is 9.47 Å². The Morgan fingerprint density at radius 2 is 1.88 bits per heavy atom. The molecule has 0 saturated heterocycles. The van der Waals surface area contributed by atoms with Crippen molar-refractivity contribution in [2.75, 3.05) is 6.61 Å². The Morgan fingerprint density at radius 3 is 2.48 bits per heavy atom. The van der Waals surface area contributed by atoms with Crippen molar-refractivity contribution in [2.24, 2.45) is 7.05 Å². The Labute approximate surface area is 150 Å². The topological polar surface area (TPSA) is 83.3 Å². The van der Waals surface area contributed by atoms with E-state index in [9.17, 15) is 9.59 Å². The molecule has 0 saturated carbocycles. The minimum absolute atomic E-state index is 0.111. The van der Waals surface area contributed by atoms with E-state index >= 15 is 0 Å². The predicted molar refractivity (Wildman–Crippen MR) is 92.0 cm³/mol. The monoisotopic (exact) mass is 365 g/mol. The number of esters is 2. The van der Waals surface area contributed by atoms with Crippen LogP contribution in [0.15, 0.2) is 24.3 Å². The number of nitrogens with zero attached hydrogens (tertiary/aromatic N) is 3. The molecule has 0 fully saturated rings. The van der Waals surface area contributed by atoms with E-state index in [1.807, 2.05) is 0 Å². The van der Waals surface area contributed by atoms with Gasteiger partial charge in [-0.15, -0.1) is 0 Å². The average Bonchev–Trinajstić information content (AvgIpc) is 2.88. The van der Waals surface area contributed by atoms with Crippen molar-refractivity contribution in [1.82, 2.24) is 14.8 Å². The van der Waals surface area contributed by atoms with Crippen LogP contribution in [-0.2, 0) is 32.5 Å². The first kappa shape index (κ1) is 18.9. The first-order valence-corrected chi connectivity index (χ1v) is 8.15. The highest BCUT2D eigenvalue weighted by Gasteiger charge is 2.34. The second-order valence-electron chi connectivity index (χ2n) is 5.86. The van der Waals surface area contributed by atoms with Crippen LogP contribution in [0.25, 0.3) is 11.4 Å². The van der Waals surface area contributed by atoms with Crippen molar-refractivity contribution in [3.8, 4) is 11.4 Å². The molecule has 0 spiro atoms. The van der Waals surface area contributed by atoms with Crippen molar-refractivity contribution < 1.29 is 19.1 Å². The fourth-order valence-electron chi connectivity index (χ4n) is 2.09. The van der Waals surface area contributed by atoms with Gasteiger partial charge in [0.2, 0.25) is 5.60 Å². The van der Waals surface area contributed by atoms with Gasteiger partial charge in [-0.25, -0.2) is 9.78 Å². The summed E-state index contributed by atoms with van der Waals surface area (Å²) in [5, 5.41) is 4.90. The summed E-state index contributed by atoms with van der Waals surface area (Å²) in [5.41, 5.74) is -0.573. The molecule has 0 aliphatic carbocycles. The highest BCUT2D eigenvalue weighted by molar-refractivity contribution is 6.30. The van der Waals surface area contributed by atoms with E-state index < -0.39 is 17.5 Å². The summed E-state index contributed by atoms with van der Waals surface area (Å²) in [6, 6.07) is 7.07. The van der Waals surface area contributed by atoms with E-state index in [0.29, 0.717) is 16.7 Å². The number of rotatable bonds is 6. The number of aromatic nitrogens is 3. The van der Waals surface area contributed by atoms with Gasteiger partial charge in [0, 0.05) is 17.6 Å². The molecule has 2 aromatic rings. The lowest BCUT2D eigenvalue weighted by Crippen LogP contribution is -2.39. The Balaban J connectivity index is 2.09. The normalized spacial score (nSPS) is 11.2. The molecule has 0 radical (unpaired) electrons. The van der Waals surface area contributed by atoms with Crippen molar-refractivity contribution in [3.05, 3.63) is 35.1 Å². The third-order valence-corrected chi connectivity index (χ3v) is 3.65. The molecule has 1 heterocycles. The van der Waals surface area contributed by atoms with Gasteiger partial charge in [0.15, 0.2) is 5.82 Å². The lowest BCUT2D eigenvalue weighted by molar-refractivity contribution is -0.178. The summed E-state index contributed by atoms with van der Waals surface area (Å²) >= 11 is 5.87. The number of carbonyl (C=O) groups is 2. The Bertz CT molecular complexity index is 769. The number of carbonyl (C=O) groups excluding carboxylic acids is 2. The molecule has 0 unspecified atom stereocenters. The molecule has 25 heavy (non-hydrogen) atoms. The number of ether oxygens (including phenoxy) is 2. The molecular weight excluding hydrogens is 346 g/mol. The Morgan fingerprint density at radius 1 is 1.24 bits per heavy atom. The molecule has 7 nitrogen and oxygen atoms in total. The maximum Gasteiger partial charge on any atom is 0.349 e. The van der Waals surface area contributed by atoms with Crippen LogP contribution in [0.3, 0.4) is 0 Å². The van der Waals surface area contributed by atoms with E-state index in [0.717, 1.165) is 5.56 Å². The van der Waals surface area contributed by atoms with Gasteiger partial charge >= 0.3 is 11.9 Å². The summed E-state index contributed by atoms with van der Waals surface area (Å²) in [6.07, 6.45) is -0.111. The van der Waals surface area contributed by atoms with Gasteiger partial charge in [-0.05, 0) is 45.0 Å². The number of hydrogen-bond acceptors (Lipinski definition) is 6. The molecule has 0 atom stereocenters. The second kappa shape index (κ2) is 7.65. The zero-order valence-corrected chi connectivity index (χ0v) is 15.3. The van der Waals surface area contributed by atoms with Gasteiger partial charge in [-0.2, -0.15) is 5.10 Å². The van der Waals surface area contributed by atoms with Gasteiger partial charge in [0.05, 0.1) is 6.61 Å². The van der Waals surface area contributed by atoms with Crippen LogP contribution < -0.4 is 0 Å². The predicted octanol–water partition coefficient (Wildman–Crippen LogP) is 2.56. The summed E-state index contributed by atoms with van der Waals surface area (Å²) < 4.78 is 11.6. The van der Waals surface area contributed by atoms with Gasteiger partial charge in [-0.3, -0.25) is 9.48 Å². The van der Waals surface area contributed by atoms with Crippen LogP contribution in [0.5, 0.6) is 0 Å². The van der Waals surface area contributed by atoms with Crippen LogP contribution in [0.1, 0.15) is 26.6 Å². The number of hydrogen-bond donors (Lipinski definition) is 0. The van der Waals surface area contributed by atoms with Crippen molar-refractivity contribution in [2.45, 2.75) is 32.8 Å². The first-order valence-electron chi connectivity index (χ1n) is 7.78. The molecule has 1 aromatic carbocycles. The second-order valence-corrected chi connectivity index (χ2v) is 6.30. The fourth-order valence-corrected chi connectivity index (χ4v) is 2.21. The third-order valence-electron chi connectivity index (χ3n) is 3.39. The van der Waals surface area contributed by atoms with Crippen LogP contribution in [0.4, 0.5) is 0 Å². The summed E-state index contributed by atoms with van der Waals surface area (Å²) in [6.45, 7) is 4.87. The Hall–Kier alpha value is -2.41. The van der Waals surface area contributed by atoms with E-state index in [-0.39, 0.29) is 13.0 Å². The van der Waals surface area contributed by atoms with Crippen molar-refractivity contribution in [1.29, 1.82) is 0 Å². The highest BCUT2D eigenvalue weighted by atomic mass is 35.5. The molecule has 134 valence electrons. The van der Waals surface area contributed by atoms with Gasteiger partial charge in [-0.1, -0.05) is 11.6 Å².